The number of nitrogens with one attached hydrogen (secondary N) is 3. The van der Waals surface area contributed by atoms with Gasteiger partial charge in [0.1, 0.15) is 29.8 Å². The minimum Gasteiger partial charge on any atom is -0.491 e. The molecule has 0 radical (unpaired) electrons. The van der Waals surface area contributed by atoms with Crippen molar-refractivity contribution in [3.8, 4) is 17.4 Å². The molecule has 6 aromatic rings. The van der Waals surface area contributed by atoms with Crippen LogP contribution < -0.4 is 34.0 Å². The number of pyridine rings is 1. The van der Waals surface area contributed by atoms with Gasteiger partial charge in [0.05, 0.1) is 71.2 Å². The summed E-state index contributed by atoms with van der Waals surface area (Å²) in [5.41, 5.74) is 7.40. The van der Waals surface area contributed by atoms with Crippen LogP contribution in [0.3, 0.4) is 0 Å². The summed E-state index contributed by atoms with van der Waals surface area (Å²) in [5, 5.41) is 17.5. The highest BCUT2D eigenvalue weighted by Gasteiger charge is 2.51. The fraction of sp³-hybridized carbons (Fsp3) is 0.492. The highest BCUT2D eigenvalue weighted by atomic mass is 35.5. The van der Waals surface area contributed by atoms with Crippen LogP contribution in [-0.4, -0.2) is 142 Å². The van der Waals surface area contributed by atoms with Gasteiger partial charge in [-0.3, -0.25) is 24.7 Å². The molecule has 0 unspecified atom stereocenters. The van der Waals surface area contributed by atoms with Gasteiger partial charge in [-0.15, -0.1) is 0 Å². The van der Waals surface area contributed by atoms with Gasteiger partial charge >= 0.3 is 0 Å². The zero-order valence-corrected chi connectivity index (χ0v) is 49.7. The number of carbonyl (C=O) groups excluding carboxylic acids is 1. The lowest BCUT2D eigenvalue weighted by Crippen LogP contribution is -2.60. The number of ether oxygens (including phenoxy) is 6. The van der Waals surface area contributed by atoms with E-state index in [1.165, 1.54) is 22.8 Å². The molecule has 5 fully saturated rings. The second kappa shape index (κ2) is 22.5. The van der Waals surface area contributed by atoms with E-state index >= 15 is 0 Å². The molecule has 7 aliphatic heterocycles. The van der Waals surface area contributed by atoms with E-state index in [2.05, 4.69) is 85.7 Å². The quantitative estimate of drug-likeness (QED) is 0.0767. The van der Waals surface area contributed by atoms with Gasteiger partial charge in [0.25, 0.3) is 21.6 Å². The summed E-state index contributed by atoms with van der Waals surface area (Å²) in [6.45, 7) is 13.8. The Labute approximate surface area is 499 Å². The molecule has 14 rings (SSSR count). The monoisotopic (exact) mass is 1200 g/mol. The van der Waals surface area contributed by atoms with E-state index in [9.17, 15) is 23.3 Å². The summed E-state index contributed by atoms with van der Waals surface area (Å²) >= 11 is 6.72. The topological polar surface area (TPSA) is 215 Å². The third kappa shape index (κ3) is 10.6. The number of hydrogen-bond acceptors (Lipinski definition) is 17. The summed E-state index contributed by atoms with van der Waals surface area (Å²) in [7, 11) is -4.72. The van der Waals surface area contributed by atoms with Gasteiger partial charge in [0, 0.05) is 98.6 Å². The van der Waals surface area contributed by atoms with Crippen molar-refractivity contribution >= 4 is 67.0 Å². The van der Waals surface area contributed by atoms with E-state index in [1.54, 1.807) is 6.07 Å². The van der Waals surface area contributed by atoms with Crippen molar-refractivity contribution < 1.29 is 46.6 Å². The molecule has 20 nitrogen and oxygen atoms in total. The predicted molar refractivity (Wildman–Crippen MR) is 321 cm³/mol. The van der Waals surface area contributed by atoms with Crippen LogP contribution in [0.5, 0.6) is 17.4 Å². The number of sulfonamides is 1. The zero-order valence-electron chi connectivity index (χ0n) is 48.1. The number of rotatable bonds is 12. The van der Waals surface area contributed by atoms with Crippen LogP contribution in [0.15, 0.2) is 90.0 Å². The smallest absolute Gasteiger partial charge is 0.297 e. The van der Waals surface area contributed by atoms with Crippen LogP contribution in [0.1, 0.15) is 103 Å². The molecule has 8 aliphatic rings. The van der Waals surface area contributed by atoms with Crippen LogP contribution in [0.4, 0.5) is 28.4 Å². The maximum absolute atomic E-state index is 15.0. The Balaban J connectivity index is 0.740. The minimum atomic E-state index is -4.72. The SMILES string of the molecule is Cc1cc(Cl)cc2c1COC[C@@H]2N1CCN(C2CC3(CCN(c4ccc(C(=O)NS(=O)(=O)c5cc6c(c([N+](=O)[O-])c5)N[C@H](C5CCOCC5)CO6)c(N5c6cc7cc[nH]c7nc6O[C@H]6COCC[C@@H]65)c4)CC3)C2)[C@H](c2ccccc2OC(C)C)C1. The molecular weight excluding hydrogens is 1130 g/mol. The normalized spacial score (nSPS) is 24.5. The van der Waals surface area contributed by atoms with Crippen LogP contribution in [0, 0.1) is 28.4 Å². The molecule has 1 spiro atoms. The van der Waals surface area contributed by atoms with Gasteiger partial charge < -0.3 is 48.5 Å². The van der Waals surface area contributed by atoms with Crippen molar-refractivity contribution in [3.63, 3.8) is 0 Å². The Morgan fingerprint density at radius 2 is 1.71 bits per heavy atom. The number of anilines is 4. The number of piperazine rings is 1. The average molecular weight is 1200 g/mol. The van der Waals surface area contributed by atoms with Gasteiger partial charge in [0.2, 0.25) is 5.88 Å². The standard InChI is InChI=1S/C63H72ClN9O11S/c1-37(2)83-56-7-5-4-6-45(56)54-32-70(55-35-81-33-48-38(3)24-41(64)26-47(48)55)19-20-71(54)43-30-63(31-43)14-17-69(18-15-63)42-8-9-46(51(27-42)72-50-13-23-80-36-58(50)84-62-53(72)25-40-10-16-65-60(40)67-62)61(74)68-85(77,78)44-28-52(73(75)76)59-57(29-44)82-34-49(66-59)39-11-21-79-22-12-39/h4-10,16,24-29,37,39,43,49-50,54-55,58,66H,11-15,17-23,30-36H2,1-3H3,(H,65,67)(H,68,74)/t49-,50-,54-,55-,58-/m0/s1. The largest absolute Gasteiger partial charge is 0.491 e. The lowest BCUT2D eigenvalue weighted by Gasteiger charge is -2.59. The molecule has 5 atom stereocenters. The van der Waals surface area contributed by atoms with E-state index in [-0.39, 0.29) is 71.8 Å². The molecule has 448 valence electrons. The second-order valence-electron chi connectivity index (χ2n) is 24.7. The number of hydrogen-bond donors (Lipinski definition) is 3. The molecule has 1 aliphatic carbocycles. The first-order valence-electron chi connectivity index (χ1n) is 30.1. The van der Waals surface area contributed by atoms with Crippen molar-refractivity contribution in [1.29, 1.82) is 0 Å². The van der Waals surface area contributed by atoms with Gasteiger partial charge in [-0.25, -0.2) is 13.1 Å². The Morgan fingerprint density at radius 1 is 0.894 bits per heavy atom. The molecule has 85 heavy (non-hydrogen) atoms. The van der Waals surface area contributed by atoms with Crippen LogP contribution in [-0.2, 0) is 30.8 Å². The highest BCUT2D eigenvalue weighted by molar-refractivity contribution is 7.90. The maximum Gasteiger partial charge on any atom is 0.297 e. The van der Waals surface area contributed by atoms with Crippen molar-refractivity contribution in [2.45, 2.75) is 120 Å². The molecule has 4 saturated heterocycles. The van der Waals surface area contributed by atoms with Crippen LogP contribution in [0.25, 0.3) is 11.0 Å². The predicted octanol–water partition coefficient (Wildman–Crippen LogP) is 10.0. The van der Waals surface area contributed by atoms with Crippen LogP contribution >= 0.6 is 11.6 Å². The number of piperidine rings is 1. The number of aromatic amines is 1. The first-order valence-corrected chi connectivity index (χ1v) is 31.9. The summed E-state index contributed by atoms with van der Waals surface area (Å²) in [5.74, 6) is 0.559. The summed E-state index contributed by atoms with van der Waals surface area (Å²) in [4.78, 5) is 44.4. The van der Waals surface area contributed by atoms with E-state index in [0.29, 0.717) is 68.4 Å². The lowest BCUT2D eigenvalue weighted by atomic mass is 9.59. The zero-order chi connectivity index (χ0) is 58.3. The number of para-hydroxylation sites is 1. The lowest BCUT2D eigenvalue weighted by molar-refractivity contribution is -0.384. The fourth-order valence-electron chi connectivity index (χ4n) is 14.9. The Bertz CT molecular complexity index is 3680. The van der Waals surface area contributed by atoms with Gasteiger partial charge in [0.15, 0.2) is 11.4 Å². The van der Waals surface area contributed by atoms with Crippen molar-refractivity contribution in [2.24, 2.45) is 11.3 Å². The summed E-state index contributed by atoms with van der Waals surface area (Å²) in [6, 6.07) is 24.5. The number of fused-ring (bicyclic) bond motifs is 5. The van der Waals surface area contributed by atoms with E-state index in [4.69, 9.17) is 45.0 Å². The maximum atomic E-state index is 15.0. The summed E-state index contributed by atoms with van der Waals surface area (Å²) < 4.78 is 68.3. The van der Waals surface area contributed by atoms with Gasteiger partial charge in [-0.05, 0) is 142 Å². The van der Waals surface area contributed by atoms with Gasteiger partial charge in [-0.2, -0.15) is 4.98 Å². The number of nitro benzene ring substituents is 1. The number of H-pyrrole nitrogens is 1. The third-order valence-electron chi connectivity index (χ3n) is 19.3. The molecule has 9 heterocycles. The molecule has 4 aromatic carbocycles. The molecule has 1 amide bonds. The highest BCUT2D eigenvalue weighted by Crippen LogP contribution is 2.55. The number of benzene rings is 4. The third-order valence-corrected chi connectivity index (χ3v) is 20.9. The fourth-order valence-corrected chi connectivity index (χ4v) is 16.2. The number of halogens is 1. The van der Waals surface area contributed by atoms with E-state index < -0.39 is 37.5 Å². The number of amides is 1. The van der Waals surface area contributed by atoms with Crippen LogP contribution in [0.2, 0.25) is 5.02 Å². The number of nitro groups is 1. The number of carbonyl (C=O) groups is 1. The van der Waals surface area contributed by atoms with E-state index in [0.717, 1.165) is 105 Å². The number of aryl methyl sites for hydroxylation is 1. The number of aromatic nitrogens is 2. The Hall–Kier alpha value is -6.72. The first-order chi connectivity index (χ1) is 41.2. The van der Waals surface area contributed by atoms with E-state index in [1.807, 2.05) is 36.5 Å². The van der Waals surface area contributed by atoms with Crippen molar-refractivity contribution in [3.05, 3.63) is 128 Å². The molecule has 22 heteroatoms. The molecule has 3 N–H and O–H groups in total. The Kier molecular flexibility index (Phi) is 14.9. The molecule has 2 aromatic heterocycles. The molecule has 0 bridgehead atoms. The van der Waals surface area contributed by atoms with Crippen molar-refractivity contribution in [2.75, 3.05) is 87.5 Å². The first kappa shape index (κ1) is 56.1. The second-order valence-corrected chi connectivity index (χ2v) is 26.8. The summed E-state index contributed by atoms with van der Waals surface area (Å²) in [6.07, 6.45) is 7.58. The Morgan fingerprint density at radius 3 is 2.52 bits per heavy atom. The number of nitrogens with zero attached hydrogens (tertiary/aromatic N) is 6. The molecular formula is C63H72ClN9O11S. The van der Waals surface area contributed by atoms with Gasteiger partial charge in [-0.1, -0.05) is 29.8 Å². The minimum absolute atomic E-state index is 0.0224. The average Bonchev–Trinajstić information content (AvgIpc) is 1.90. The van der Waals surface area contributed by atoms with Crippen molar-refractivity contribution in [1.82, 2.24) is 24.5 Å². The molecule has 1 saturated carbocycles.